The SMILES string of the molecule is CCc1ccccc1N(CC(O)COc1ccc(Cl)cc1)C(N)=O. The molecule has 6 heteroatoms. The topological polar surface area (TPSA) is 75.8 Å². The van der Waals surface area contributed by atoms with Crippen LogP contribution in [0, 0.1) is 0 Å². The third-order valence-electron chi connectivity index (χ3n) is 3.58. The number of hydrogen-bond donors (Lipinski definition) is 2. The molecule has 128 valence electrons. The van der Waals surface area contributed by atoms with Crippen LogP contribution in [-0.4, -0.2) is 30.4 Å². The zero-order valence-corrected chi connectivity index (χ0v) is 14.2. The first-order valence-corrected chi connectivity index (χ1v) is 8.10. The number of para-hydroxylation sites is 1. The first-order chi connectivity index (χ1) is 11.5. The van der Waals surface area contributed by atoms with Crippen LogP contribution in [0.3, 0.4) is 0 Å². The number of nitrogens with two attached hydrogens (primary N) is 1. The minimum atomic E-state index is -0.877. The lowest BCUT2D eigenvalue weighted by Gasteiger charge is -2.25. The van der Waals surface area contributed by atoms with Gasteiger partial charge >= 0.3 is 6.03 Å². The van der Waals surface area contributed by atoms with E-state index in [1.54, 1.807) is 24.3 Å². The highest BCUT2D eigenvalue weighted by Gasteiger charge is 2.19. The van der Waals surface area contributed by atoms with E-state index in [9.17, 15) is 9.90 Å². The first kappa shape index (κ1) is 18.1. The van der Waals surface area contributed by atoms with Crippen LogP contribution >= 0.6 is 11.6 Å². The number of primary amides is 1. The monoisotopic (exact) mass is 348 g/mol. The van der Waals surface area contributed by atoms with Crippen molar-refractivity contribution in [3.63, 3.8) is 0 Å². The van der Waals surface area contributed by atoms with Crippen molar-refractivity contribution in [3.05, 3.63) is 59.1 Å². The summed E-state index contributed by atoms with van der Waals surface area (Å²) in [6.07, 6.45) is -0.116. The van der Waals surface area contributed by atoms with Crippen molar-refractivity contribution in [2.75, 3.05) is 18.1 Å². The van der Waals surface area contributed by atoms with Crippen LogP contribution in [0.25, 0.3) is 0 Å². The molecule has 0 fully saturated rings. The van der Waals surface area contributed by atoms with Gasteiger partial charge in [0, 0.05) is 10.7 Å². The molecule has 3 N–H and O–H groups in total. The quantitative estimate of drug-likeness (QED) is 0.806. The standard InChI is InChI=1S/C18H21ClN2O3/c1-2-13-5-3-4-6-17(13)21(18(20)23)11-15(22)12-24-16-9-7-14(19)8-10-16/h3-10,15,22H,2,11-12H2,1H3,(H2,20,23). The maximum atomic E-state index is 11.8. The van der Waals surface area contributed by atoms with E-state index < -0.39 is 12.1 Å². The van der Waals surface area contributed by atoms with Crippen LogP contribution in [-0.2, 0) is 6.42 Å². The Morgan fingerprint density at radius 3 is 2.54 bits per heavy atom. The molecule has 1 atom stereocenters. The highest BCUT2D eigenvalue weighted by atomic mass is 35.5. The van der Waals surface area contributed by atoms with Crippen LogP contribution < -0.4 is 15.4 Å². The number of amides is 2. The van der Waals surface area contributed by atoms with Crippen LogP contribution in [0.2, 0.25) is 5.02 Å². The lowest BCUT2D eigenvalue weighted by atomic mass is 10.1. The van der Waals surface area contributed by atoms with Gasteiger partial charge in [0.2, 0.25) is 0 Å². The Bertz CT molecular complexity index is 676. The van der Waals surface area contributed by atoms with Gasteiger partial charge in [-0.05, 0) is 42.3 Å². The van der Waals surface area contributed by atoms with Gasteiger partial charge in [-0.15, -0.1) is 0 Å². The zero-order chi connectivity index (χ0) is 17.5. The molecule has 0 aliphatic heterocycles. The molecule has 0 heterocycles. The summed E-state index contributed by atoms with van der Waals surface area (Å²) in [4.78, 5) is 13.2. The van der Waals surface area contributed by atoms with Gasteiger partial charge in [0.1, 0.15) is 18.5 Å². The number of carbonyl (C=O) groups is 1. The van der Waals surface area contributed by atoms with E-state index in [0.717, 1.165) is 12.0 Å². The summed E-state index contributed by atoms with van der Waals surface area (Å²) in [6, 6.07) is 13.7. The molecule has 0 saturated carbocycles. The van der Waals surface area contributed by atoms with Crippen molar-refractivity contribution in [2.24, 2.45) is 5.73 Å². The minimum Gasteiger partial charge on any atom is -0.491 e. The third-order valence-corrected chi connectivity index (χ3v) is 3.83. The van der Waals surface area contributed by atoms with E-state index >= 15 is 0 Å². The number of carbonyl (C=O) groups excluding carboxylic acids is 1. The number of aryl methyl sites for hydroxylation is 1. The number of nitrogens with zero attached hydrogens (tertiary/aromatic N) is 1. The summed E-state index contributed by atoms with van der Waals surface area (Å²) < 4.78 is 5.51. The summed E-state index contributed by atoms with van der Waals surface area (Å²) in [5.74, 6) is 0.595. The molecule has 2 rings (SSSR count). The predicted molar refractivity (Wildman–Crippen MR) is 95.7 cm³/mol. The molecule has 2 amide bonds. The second kappa shape index (κ2) is 8.57. The molecule has 0 bridgehead atoms. The largest absolute Gasteiger partial charge is 0.491 e. The number of hydrogen-bond acceptors (Lipinski definition) is 3. The molecule has 5 nitrogen and oxygen atoms in total. The van der Waals surface area contributed by atoms with Gasteiger partial charge in [0.25, 0.3) is 0 Å². The normalized spacial score (nSPS) is 11.8. The molecule has 0 aliphatic rings. The second-order valence-electron chi connectivity index (χ2n) is 5.35. The van der Waals surface area contributed by atoms with Crippen molar-refractivity contribution in [2.45, 2.75) is 19.4 Å². The van der Waals surface area contributed by atoms with Crippen molar-refractivity contribution < 1.29 is 14.6 Å². The molecule has 0 aromatic heterocycles. The number of ether oxygens (including phenoxy) is 1. The molecule has 0 spiro atoms. The lowest BCUT2D eigenvalue weighted by molar-refractivity contribution is 0.113. The number of urea groups is 1. The minimum absolute atomic E-state index is 0.0414. The van der Waals surface area contributed by atoms with Gasteiger partial charge in [-0.25, -0.2) is 4.79 Å². The van der Waals surface area contributed by atoms with Crippen LogP contribution in [0.1, 0.15) is 12.5 Å². The highest BCUT2D eigenvalue weighted by Crippen LogP contribution is 2.21. The number of aliphatic hydroxyl groups is 1. The van der Waals surface area contributed by atoms with E-state index in [1.165, 1.54) is 4.90 Å². The number of halogens is 1. The van der Waals surface area contributed by atoms with E-state index in [1.807, 2.05) is 31.2 Å². The molecular formula is C18H21ClN2O3. The third kappa shape index (κ3) is 4.88. The Kier molecular flexibility index (Phi) is 6.46. The van der Waals surface area contributed by atoms with E-state index in [0.29, 0.717) is 16.5 Å². The highest BCUT2D eigenvalue weighted by molar-refractivity contribution is 6.30. The number of benzene rings is 2. The van der Waals surface area contributed by atoms with Crippen LogP contribution in [0.15, 0.2) is 48.5 Å². The Morgan fingerprint density at radius 2 is 1.92 bits per heavy atom. The fourth-order valence-corrected chi connectivity index (χ4v) is 2.49. The first-order valence-electron chi connectivity index (χ1n) is 7.72. The fourth-order valence-electron chi connectivity index (χ4n) is 2.37. The average Bonchev–Trinajstić information content (AvgIpc) is 2.59. The van der Waals surface area contributed by atoms with Gasteiger partial charge < -0.3 is 15.6 Å². The fraction of sp³-hybridized carbons (Fsp3) is 0.278. The summed E-state index contributed by atoms with van der Waals surface area (Å²) in [6.45, 7) is 2.09. The molecule has 0 radical (unpaired) electrons. The predicted octanol–water partition coefficient (Wildman–Crippen LogP) is 3.23. The van der Waals surface area contributed by atoms with Crippen LogP contribution in [0.5, 0.6) is 5.75 Å². The van der Waals surface area contributed by atoms with Gasteiger partial charge in [-0.3, -0.25) is 4.90 Å². The molecule has 0 aliphatic carbocycles. The average molecular weight is 349 g/mol. The summed E-state index contributed by atoms with van der Waals surface area (Å²) in [7, 11) is 0. The maximum Gasteiger partial charge on any atom is 0.319 e. The van der Waals surface area contributed by atoms with Crippen molar-refractivity contribution in [1.82, 2.24) is 0 Å². The van der Waals surface area contributed by atoms with Gasteiger partial charge in [-0.1, -0.05) is 36.7 Å². The second-order valence-corrected chi connectivity index (χ2v) is 5.79. The van der Waals surface area contributed by atoms with Crippen LogP contribution in [0.4, 0.5) is 10.5 Å². The molecule has 2 aromatic rings. The smallest absolute Gasteiger partial charge is 0.319 e. The van der Waals surface area contributed by atoms with Crippen molar-refractivity contribution >= 4 is 23.3 Å². The molecular weight excluding hydrogens is 328 g/mol. The number of aliphatic hydroxyl groups excluding tert-OH is 1. The Balaban J connectivity index is 2.02. The lowest BCUT2D eigenvalue weighted by Crippen LogP contribution is -2.43. The van der Waals surface area contributed by atoms with Crippen molar-refractivity contribution in [1.29, 1.82) is 0 Å². The maximum absolute atomic E-state index is 11.8. The summed E-state index contributed by atoms with van der Waals surface area (Å²) in [5, 5.41) is 10.8. The van der Waals surface area contributed by atoms with E-state index in [4.69, 9.17) is 22.1 Å². The van der Waals surface area contributed by atoms with Gasteiger partial charge in [0.05, 0.1) is 6.54 Å². The van der Waals surface area contributed by atoms with E-state index in [-0.39, 0.29) is 13.2 Å². The molecule has 0 saturated heterocycles. The van der Waals surface area contributed by atoms with Gasteiger partial charge in [0.15, 0.2) is 0 Å². The molecule has 1 unspecified atom stereocenters. The van der Waals surface area contributed by atoms with E-state index in [2.05, 4.69) is 0 Å². The Morgan fingerprint density at radius 1 is 1.25 bits per heavy atom. The number of anilines is 1. The Hall–Kier alpha value is -2.24. The summed E-state index contributed by atoms with van der Waals surface area (Å²) >= 11 is 5.81. The Labute approximate surface area is 146 Å². The van der Waals surface area contributed by atoms with Crippen molar-refractivity contribution in [3.8, 4) is 5.75 Å². The molecule has 24 heavy (non-hydrogen) atoms. The molecule has 2 aromatic carbocycles. The zero-order valence-electron chi connectivity index (χ0n) is 13.5. The van der Waals surface area contributed by atoms with Gasteiger partial charge in [-0.2, -0.15) is 0 Å². The number of rotatable bonds is 7. The summed E-state index contributed by atoms with van der Waals surface area (Å²) in [5.41, 5.74) is 7.18.